The first kappa shape index (κ1) is 15.9. The Balaban J connectivity index is 1.89. The average Bonchev–Trinajstić information content (AvgIpc) is 2.54. The first-order valence-electron chi connectivity index (χ1n) is 7.46. The molecule has 5 heteroatoms. The second-order valence-electron chi connectivity index (χ2n) is 5.03. The summed E-state index contributed by atoms with van der Waals surface area (Å²) in [5.41, 5.74) is 1.01. The Labute approximate surface area is 129 Å². The molecular formula is C17H20FN3O. The van der Waals surface area contributed by atoms with Gasteiger partial charge in [0, 0.05) is 18.4 Å². The highest BCUT2D eigenvalue weighted by Crippen LogP contribution is 2.11. The summed E-state index contributed by atoms with van der Waals surface area (Å²) in [7, 11) is 0. The zero-order chi connectivity index (χ0) is 15.8. The van der Waals surface area contributed by atoms with Gasteiger partial charge in [-0.3, -0.25) is 4.79 Å². The zero-order valence-electron chi connectivity index (χ0n) is 12.6. The fourth-order valence-corrected chi connectivity index (χ4v) is 1.96. The van der Waals surface area contributed by atoms with Gasteiger partial charge in [-0.1, -0.05) is 19.8 Å². The number of anilines is 2. The van der Waals surface area contributed by atoms with E-state index in [1.807, 2.05) is 0 Å². The van der Waals surface area contributed by atoms with E-state index in [0.29, 0.717) is 11.3 Å². The van der Waals surface area contributed by atoms with Gasteiger partial charge in [-0.25, -0.2) is 9.37 Å². The van der Waals surface area contributed by atoms with Gasteiger partial charge in [-0.15, -0.1) is 0 Å². The van der Waals surface area contributed by atoms with Gasteiger partial charge in [0.15, 0.2) is 0 Å². The van der Waals surface area contributed by atoms with E-state index in [0.717, 1.165) is 18.8 Å². The maximum Gasteiger partial charge on any atom is 0.257 e. The van der Waals surface area contributed by atoms with Crippen LogP contribution in [0.5, 0.6) is 0 Å². The van der Waals surface area contributed by atoms with Crippen LogP contribution in [0.2, 0.25) is 0 Å². The lowest BCUT2D eigenvalue weighted by Gasteiger charge is -2.07. The van der Waals surface area contributed by atoms with Gasteiger partial charge in [0.05, 0.1) is 5.56 Å². The van der Waals surface area contributed by atoms with Gasteiger partial charge in [0.1, 0.15) is 11.6 Å². The molecule has 4 nitrogen and oxygen atoms in total. The van der Waals surface area contributed by atoms with E-state index in [-0.39, 0.29) is 11.7 Å². The summed E-state index contributed by atoms with van der Waals surface area (Å²) in [4.78, 5) is 16.3. The van der Waals surface area contributed by atoms with Gasteiger partial charge < -0.3 is 10.6 Å². The summed E-state index contributed by atoms with van der Waals surface area (Å²) in [6.07, 6.45) is 4.99. The molecule has 0 fully saturated rings. The molecule has 1 heterocycles. The number of halogens is 1. The maximum absolute atomic E-state index is 12.8. The number of aromatic nitrogens is 1. The third-order valence-corrected chi connectivity index (χ3v) is 3.21. The van der Waals surface area contributed by atoms with Crippen LogP contribution in [0, 0.1) is 5.82 Å². The maximum atomic E-state index is 12.8. The van der Waals surface area contributed by atoms with Crippen LogP contribution in [-0.4, -0.2) is 17.4 Å². The molecule has 22 heavy (non-hydrogen) atoms. The van der Waals surface area contributed by atoms with Crippen LogP contribution in [-0.2, 0) is 0 Å². The highest BCUT2D eigenvalue weighted by Gasteiger charge is 2.06. The second kappa shape index (κ2) is 8.12. The number of nitrogens with one attached hydrogen (secondary N) is 2. The number of hydrogen-bond donors (Lipinski definition) is 2. The van der Waals surface area contributed by atoms with Crippen LogP contribution >= 0.6 is 0 Å². The third kappa shape index (κ3) is 4.84. The summed E-state index contributed by atoms with van der Waals surface area (Å²) in [5.74, 6) is 0.157. The van der Waals surface area contributed by atoms with E-state index >= 15 is 0 Å². The molecule has 2 rings (SSSR count). The molecule has 0 aliphatic carbocycles. The van der Waals surface area contributed by atoms with Crippen molar-refractivity contribution in [2.45, 2.75) is 26.2 Å². The van der Waals surface area contributed by atoms with Crippen molar-refractivity contribution in [2.75, 3.05) is 17.2 Å². The van der Waals surface area contributed by atoms with Gasteiger partial charge in [-0.2, -0.15) is 0 Å². The number of carbonyl (C=O) groups excluding carboxylic acids is 1. The normalized spacial score (nSPS) is 10.3. The number of hydrogen-bond acceptors (Lipinski definition) is 3. The molecule has 0 aliphatic heterocycles. The SMILES string of the molecule is CCCCCNc1ccc(C(=O)Nc2ccc(F)cc2)cn1. The quantitative estimate of drug-likeness (QED) is 0.758. The lowest BCUT2D eigenvalue weighted by Crippen LogP contribution is -2.12. The Bertz CT molecular complexity index is 596. The standard InChI is InChI=1S/C17H20FN3O/c1-2-3-4-11-19-16-10-5-13(12-20-16)17(22)21-15-8-6-14(18)7-9-15/h5-10,12H,2-4,11H2,1H3,(H,19,20)(H,21,22). The van der Waals surface area contributed by atoms with Crippen molar-refractivity contribution in [1.29, 1.82) is 0 Å². The number of unbranched alkanes of at least 4 members (excludes halogenated alkanes) is 2. The monoisotopic (exact) mass is 301 g/mol. The van der Waals surface area contributed by atoms with Crippen LogP contribution in [0.25, 0.3) is 0 Å². The number of nitrogens with zero attached hydrogens (tertiary/aromatic N) is 1. The minimum absolute atomic E-state index is 0.267. The van der Waals surface area contributed by atoms with Crippen molar-refractivity contribution in [3.8, 4) is 0 Å². The van der Waals surface area contributed by atoms with E-state index in [9.17, 15) is 9.18 Å². The van der Waals surface area contributed by atoms with Crippen molar-refractivity contribution >= 4 is 17.4 Å². The molecule has 0 atom stereocenters. The molecule has 2 aromatic rings. The summed E-state index contributed by atoms with van der Waals surface area (Å²) >= 11 is 0. The minimum atomic E-state index is -0.335. The first-order valence-corrected chi connectivity index (χ1v) is 7.46. The van der Waals surface area contributed by atoms with Crippen LogP contribution in [0.1, 0.15) is 36.5 Å². The summed E-state index contributed by atoms with van der Waals surface area (Å²) in [5, 5.41) is 5.92. The predicted molar refractivity (Wildman–Crippen MR) is 86.6 cm³/mol. The Morgan fingerprint density at radius 3 is 2.55 bits per heavy atom. The van der Waals surface area contributed by atoms with Gasteiger partial charge in [-0.05, 0) is 42.8 Å². The predicted octanol–water partition coefficient (Wildman–Crippen LogP) is 4.08. The molecule has 0 spiro atoms. The fraction of sp³-hybridized carbons (Fsp3) is 0.294. The Morgan fingerprint density at radius 1 is 1.14 bits per heavy atom. The first-order chi connectivity index (χ1) is 10.7. The lowest BCUT2D eigenvalue weighted by molar-refractivity contribution is 0.102. The Kier molecular flexibility index (Phi) is 5.89. The van der Waals surface area contributed by atoms with E-state index in [1.54, 1.807) is 12.1 Å². The van der Waals surface area contributed by atoms with Gasteiger partial charge in [0.25, 0.3) is 5.91 Å². The highest BCUT2D eigenvalue weighted by molar-refractivity contribution is 6.04. The van der Waals surface area contributed by atoms with E-state index in [2.05, 4.69) is 22.5 Å². The molecule has 0 saturated heterocycles. The van der Waals surface area contributed by atoms with Crippen molar-refractivity contribution in [1.82, 2.24) is 4.98 Å². The smallest absolute Gasteiger partial charge is 0.257 e. The molecule has 0 radical (unpaired) electrons. The van der Waals surface area contributed by atoms with Crippen LogP contribution in [0.15, 0.2) is 42.6 Å². The van der Waals surface area contributed by atoms with Crippen molar-refractivity contribution in [3.05, 3.63) is 54.0 Å². The molecule has 0 unspecified atom stereocenters. The van der Waals surface area contributed by atoms with Crippen molar-refractivity contribution in [2.24, 2.45) is 0 Å². The minimum Gasteiger partial charge on any atom is -0.370 e. The molecule has 1 amide bonds. The lowest BCUT2D eigenvalue weighted by atomic mass is 10.2. The third-order valence-electron chi connectivity index (χ3n) is 3.21. The number of pyridine rings is 1. The summed E-state index contributed by atoms with van der Waals surface area (Å²) in [6.45, 7) is 3.04. The number of benzene rings is 1. The van der Waals surface area contributed by atoms with Gasteiger partial charge in [0.2, 0.25) is 0 Å². The van der Waals surface area contributed by atoms with E-state index < -0.39 is 0 Å². The van der Waals surface area contributed by atoms with Crippen LogP contribution < -0.4 is 10.6 Å². The molecule has 0 bridgehead atoms. The zero-order valence-corrected chi connectivity index (χ0v) is 12.6. The number of carbonyl (C=O) groups is 1. The van der Waals surface area contributed by atoms with E-state index in [4.69, 9.17) is 0 Å². The molecule has 116 valence electrons. The summed E-state index contributed by atoms with van der Waals surface area (Å²) < 4.78 is 12.8. The van der Waals surface area contributed by atoms with Crippen molar-refractivity contribution in [3.63, 3.8) is 0 Å². The molecular weight excluding hydrogens is 281 g/mol. The second-order valence-corrected chi connectivity index (χ2v) is 5.03. The molecule has 2 N–H and O–H groups in total. The highest BCUT2D eigenvalue weighted by atomic mass is 19.1. The van der Waals surface area contributed by atoms with Crippen LogP contribution in [0.4, 0.5) is 15.9 Å². The van der Waals surface area contributed by atoms with Crippen LogP contribution in [0.3, 0.4) is 0 Å². The molecule has 0 aliphatic rings. The fourth-order valence-electron chi connectivity index (χ4n) is 1.96. The molecule has 0 saturated carbocycles. The van der Waals surface area contributed by atoms with Gasteiger partial charge >= 0.3 is 0 Å². The topological polar surface area (TPSA) is 54.0 Å². The molecule has 1 aromatic heterocycles. The Morgan fingerprint density at radius 2 is 1.91 bits per heavy atom. The number of amides is 1. The summed E-state index contributed by atoms with van der Waals surface area (Å²) in [6, 6.07) is 9.14. The average molecular weight is 301 g/mol. The Hall–Kier alpha value is -2.43. The van der Waals surface area contributed by atoms with E-state index in [1.165, 1.54) is 43.3 Å². The largest absolute Gasteiger partial charge is 0.370 e. The number of rotatable bonds is 7. The molecule has 1 aromatic carbocycles. The van der Waals surface area contributed by atoms with Crippen molar-refractivity contribution < 1.29 is 9.18 Å².